The van der Waals surface area contributed by atoms with E-state index in [1.807, 2.05) is 0 Å². The van der Waals surface area contributed by atoms with Crippen LogP contribution in [0.25, 0.3) is 0 Å². The van der Waals surface area contributed by atoms with Gasteiger partial charge in [0.05, 0.1) is 12.7 Å². The van der Waals surface area contributed by atoms with Crippen LogP contribution in [0.3, 0.4) is 0 Å². The minimum Gasteiger partial charge on any atom is -0.347 e. The van der Waals surface area contributed by atoms with Crippen LogP contribution in [-0.2, 0) is 9.47 Å². The van der Waals surface area contributed by atoms with Gasteiger partial charge in [0.2, 0.25) is 0 Å². The lowest BCUT2D eigenvalue weighted by molar-refractivity contribution is -0.196. The third-order valence-corrected chi connectivity index (χ3v) is 4.94. The average Bonchev–Trinajstić information content (AvgIpc) is 2.73. The van der Waals surface area contributed by atoms with Crippen molar-refractivity contribution in [2.75, 3.05) is 13.2 Å². The third kappa shape index (κ3) is 2.67. The second kappa shape index (κ2) is 4.87. The van der Waals surface area contributed by atoms with E-state index in [0.717, 1.165) is 18.8 Å². The van der Waals surface area contributed by atoms with Crippen molar-refractivity contribution in [2.24, 2.45) is 17.1 Å². The zero-order valence-electron chi connectivity index (χ0n) is 11.5. The maximum absolute atomic E-state index is 5.99. The Labute approximate surface area is 105 Å². The van der Waals surface area contributed by atoms with Crippen molar-refractivity contribution < 1.29 is 9.47 Å². The molecule has 1 atom stereocenters. The molecule has 1 aliphatic carbocycles. The molecule has 1 aliphatic heterocycles. The van der Waals surface area contributed by atoms with E-state index < -0.39 is 0 Å². The molecule has 0 amide bonds. The Hall–Kier alpha value is -0.120. The normalized spacial score (nSPS) is 38.8. The highest BCUT2D eigenvalue weighted by Gasteiger charge is 2.45. The molecular weight excluding hydrogens is 214 g/mol. The lowest BCUT2D eigenvalue weighted by Gasteiger charge is -2.42. The van der Waals surface area contributed by atoms with Crippen LogP contribution >= 0.6 is 0 Å². The van der Waals surface area contributed by atoms with Crippen LogP contribution in [0.5, 0.6) is 0 Å². The van der Waals surface area contributed by atoms with Crippen LogP contribution in [0, 0.1) is 11.3 Å². The van der Waals surface area contributed by atoms with E-state index in [1.165, 1.54) is 19.3 Å². The Morgan fingerprint density at radius 1 is 1.29 bits per heavy atom. The quantitative estimate of drug-likeness (QED) is 0.826. The smallest absolute Gasteiger partial charge is 0.168 e. The monoisotopic (exact) mass is 241 g/mol. The van der Waals surface area contributed by atoms with E-state index in [1.54, 1.807) is 0 Å². The van der Waals surface area contributed by atoms with Gasteiger partial charge in [0, 0.05) is 19.4 Å². The summed E-state index contributed by atoms with van der Waals surface area (Å²) < 4.78 is 11.9. The molecule has 1 spiro atoms. The first-order chi connectivity index (χ1) is 8.01. The maximum atomic E-state index is 5.99. The van der Waals surface area contributed by atoms with Gasteiger partial charge in [0.25, 0.3) is 0 Å². The Bertz CT molecular complexity index is 257. The predicted molar refractivity (Wildman–Crippen MR) is 68.6 cm³/mol. The minimum absolute atomic E-state index is 0.116. The highest BCUT2D eigenvalue weighted by atomic mass is 16.7. The fraction of sp³-hybridized carbons (Fsp3) is 1.00. The van der Waals surface area contributed by atoms with E-state index in [0.29, 0.717) is 18.6 Å². The molecule has 0 bridgehead atoms. The molecule has 0 aromatic heterocycles. The summed E-state index contributed by atoms with van der Waals surface area (Å²) >= 11 is 0. The van der Waals surface area contributed by atoms with Crippen LogP contribution < -0.4 is 5.73 Å². The first-order valence-corrected chi connectivity index (χ1v) is 7.03. The van der Waals surface area contributed by atoms with Crippen LogP contribution in [-0.4, -0.2) is 25.0 Å². The molecule has 2 aliphatic rings. The fourth-order valence-corrected chi connectivity index (χ4v) is 3.12. The summed E-state index contributed by atoms with van der Waals surface area (Å²) in [5.41, 5.74) is 6.09. The van der Waals surface area contributed by atoms with Crippen molar-refractivity contribution in [3.63, 3.8) is 0 Å². The zero-order chi connectivity index (χ0) is 12.5. The summed E-state index contributed by atoms with van der Waals surface area (Å²) in [6, 6.07) is 0. The molecule has 3 nitrogen and oxygen atoms in total. The van der Waals surface area contributed by atoms with Gasteiger partial charge < -0.3 is 15.2 Å². The van der Waals surface area contributed by atoms with E-state index >= 15 is 0 Å². The van der Waals surface area contributed by atoms with Gasteiger partial charge in [-0.25, -0.2) is 0 Å². The van der Waals surface area contributed by atoms with Gasteiger partial charge in [-0.15, -0.1) is 0 Å². The predicted octanol–water partition coefficient (Wildman–Crippen LogP) is 2.68. The molecule has 1 saturated carbocycles. The molecule has 0 aromatic rings. The van der Waals surface area contributed by atoms with Crippen molar-refractivity contribution in [2.45, 2.75) is 64.8 Å². The summed E-state index contributed by atoms with van der Waals surface area (Å²) in [6.45, 7) is 8.31. The summed E-state index contributed by atoms with van der Waals surface area (Å²) in [5, 5.41) is 0. The number of hydrogen-bond donors (Lipinski definition) is 1. The van der Waals surface area contributed by atoms with Crippen molar-refractivity contribution in [3.05, 3.63) is 0 Å². The molecule has 2 rings (SSSR count). The first-order valence-electron chi connectivity index (χ1n) is 7.03. The van der Waals surface area contributed by atoms with Gasteiger partial charge in [-0.05, 0) is 24.2 Å². The molecule has 1 saturated heterocycles. The van der Waals surface area contributed by atoms with Crippen LogP contribution in [0.15, 0.2) is 0 Å². The van der Waals surface area contributed by atoms with Crippen molar-refractivity contribution >= 4 is 0 Å². The highest BCUT2D eigenvalue weighted by Crippen LogP contribution is 2.46. The molecule has 100 valence electrons. The molecule has 2 N–H and O–H groups in total. The van der Waals surface area contributed by atoms with Crippen LogP contribution in [0.1, 0.15) is 52.9 Å². The lowest BCUT2D eigenvalue weighted by Crippen LogP contribution is -2.39. The molecule has 1 unspecified atom stereocenters. The van der Waals surface area contributed by atoms with E-state index in [4.69, 9.17) is 15.2 Å². The van der Waals surface area contributed by atoms with E-state index in [9.17, 15) is 0 Å². The first kappa shape index (κ1) is 13.3. The van der Waals surface area contributed by atoms with Gasteiger partial charge in [-0.1, -0.05) is 27.2 Å². The van der Waals surface area contributed by atoms with Gasteiger partial charge in [0.15, 0.2) is 5.79 Å². The summed E-state index contributed by atoms with van der Waals surface area (Å²) in [4.78, 5) is 0. The minimum atomic E-state index is -0.287. The van der Waals surface area contributed by atoms with E-state index in [2.05, 4.69) is 20.8 Å². The highest BCUT2D eigenvalue weighted by molar-refractivity contribution is 4.89. The Balaban J connectivity index is 1.90. The summed E-state index contributed by atoms with van der Waals surface area (Å²) in [5.74, 6) is 0.520. The molecule has 3 heteroatoms. The number of rotatable bonds is 3. The van der Waals surface area contributed by atoms with Gasteiger partial charge in [0.1, 0.15) is 0 Å². The number of hydrogen-bond acceptors (Lipinski definition) is 3. The van der Waals surface area contributed by atoms with Crippen LogP contribution in [0.2, 0.25) is 0 Å². The lowest BCUT2D eigenvalue weighted by atomic mass is 9.68. The molecule has 17 heavy (non-hydrogen) atoms. The van der Waals surface area contributed by atoms with E-state index in [-0.39, 0.29) is 11.9 Å². The molecule has 1 heterocycles. The van der Waals surface area contributed by atoms with Gasteiger partial charge in [-0.2, -0.15) is 0 Å². The molecule has 2 fully saturated rings. The Morgan fingerprint density at radius 2 is 1.94 bits per heavy atom. The average molecular weight is 241 g/mol. The van der Waals surface area contributed by atoms with Gasteiger partial charge >= 0.3 is 0 Å². The van der Waals surface area contributed by atoms with Gasteiger partial charge in [-0.3, -0.25) is 0 Å². The number of nitrogens with two attached hydrogens (primary N) is 1. The third-order valence-electron chi connectivity index (χ3n) is 4.94. The Kier molecular flexibility index (Phi) is 3.81. The van der Waals surface area contributed by atoms with Crippen molar-refractivity contribution in [1.82, 2.24) is 0 Å². The SMILES string of the molecule is CCC(C)(C)C1CCC2(CC1)OCC(CN)O2. The molecule has 0 aromatic carbocycles. The second-order valence-electron chi connectivity index (χ2n) is 6.31. The molecular formula is C14H27NO2. The number of ether oxygens (including phenoxy) is 2. The standard InChI is InChI=1S/C14H27NO2/c1-4-13(2,3)11-5-7-14(8-6-11)16-10-12(9-15)17-14/h11-12H,4-10,15H2,1-3H3. The fourth-order valence-electron chi connectivity index (χ4n) is 3.12. The van der Waals surface area contributed by atoms with Crippen LogP contribution in [0.4, 0.5) is 0 Å². The maximum Gasteiger partial charge on any atom is 0.168 e. The summed E-state index contributed by atoms with van der Waals surface area (Å²) in [6.07, 6.45) is 5.88. The summed E-state index contributed by atoms with van der Waals surface area (Å²) in [7, 11) is 0. The molecule has 0 radical (unpaired) electrons. The second-order valence-corrected chi connectivity index (χ2v) is 6.31. The topological polar surface area (TPSA) is 44.5 Å². The van der Waals surface area contributed by atoms with Crippen molar-refractivity contribution in [3.8, 4) is 0 Å². The Morgan fingerprint density at radius 3 is 2.41 bits per heavy atom. The largest absolute Gasteiger partial charge is 0.347 e. The van der Waals surface area contributed by atoms with Crippen molar-refractivity contribution in [1.29, 1.82) is 0 Å². The zero-order valence-corrected chi connectivity index (χ0v) is 11.5.